The third-order valence-electron chi connectivity index (χ3n) is 5.67. The summed E-state index contributed by atoms with van der Waals surface area (Å²) < 4.78 is 66.8. The molecule has 0 aliphatic heterocycles. The van der Waals surface area contributed by atoms with E-state index in [2.05, 4.69) is 5.32 Å². The van der Waals surface area contributed by atoms with Gasteiger partial charge in [-0.2, -0.15) is 13.2 Å². The predicted octanol–water partition coefficient (Wildman–Crippen LogP) is 5.20. The zero-order chi connectivity index (χ0) is 28.1. The van der Waals surface area contributed by atoms with E-state index in [0.29, 0.717) is 29.7 Å². The van der Waals surface area contributed by atoms with Gasteiger partial charge < -0.3 is 10.4 Å². The smallest absolute Gasteiger partial charge is 0.416 e. The number of amides is 1. The molecule has 38 heavy (non-hydrogen) atoms. The Morgan fingerprint density at radius 1 is 1.00 bits per heavy atom. The van der Waals surface area contributed by atoms with Crippen LogP contribution in [-0.2, 0) is 38.8 Å². The highest BCUT2D eigenvalue weighted by Gasteiger charge is 2.33. The number of carboxylic acid groups (broad SMARTS) is 1. The maximum atomic E-state index is 13.5. The maximum Gasteiger partial charge on any atom is 0.416 e. The second kappa shape index (κ2) is 11.9. The van der Waals surface area contributed by atoms with Crippen molar-refractivity contribution in [2.45, 2.75) is 37.4 Å². The average molecular weight is 569 g/mol. The molecule has 0 spiro atoms. The van der Waals surface area contributed by atoms with Crippen LogP contribution in [0.4, 0.5) is 18.9 Å². The molecule has 3 aromatic rings. The van der Waals surface area contributed by atoms with Crippen molar-refractivity contribution in [3.63, 3.8) is 0 Å². The first-order valence-corrected chi connectivity index (χ1v) is 13.1. The fourth-order valence-corrected chi connectivity index (χ4v) is 5.29. The van der Waals surface area contributed by atoms with Gasteiger partial charge in [-0.3, -0.25) is 13.9 Å². The molecule has 3 aromatic carbocycles. The van der Waals surface area contributed by atoms with Crippen molar-refractivity contribution in [3.05, 3.63) is 94.0 Å². The van der Waals surface area contributed by atoms with Gasteiger partial charge in [0, 0.05) is 18.0 Å². The Kier molecular flexibility index (Phi) is 9.05. The van der Waals surface area contributed by atoms with Crippen molar-refractivity contribution in [3.8, 4) is 0 Å². The van der Waals surface area contributed by atoms with Gasteiger partial charge in [0.25, 0.3) is 10.0 Å². The van der Waals surface area contributed by atoms with Crippen LogP contribution in [0.3, 0.4) is 0 Å². The second-order valence-electron chi connectivity index (χ2n) is 8.41. The van der Waals surface area contributed by atoms with E-state index in [9.17, 15) is 31.2 Å². The number of hydrogen-bond acceptors (Lipinski definition) is 4. The van der Waals surface area contributed by atoms with Gasteiger partial charge in [0.2, 0.25) is 5.91 Å². The van der Waals surface area contributed by atoms with E-state index in [1.165, 1.54) is 12.1 Å². The summed E-state index contributed by atoms with van der Waals surface area (Å²) in [6.07, 6.45) is -4.38. The minimum Gasteiger partial charge on any atom is -0.481 e. The molecule has 3 rings (SSSR count). The number of sulfonamides is 1. The number of hydrogen-bond donors (Lipinski definition) is 2. The highest BCUT2D eigenvalue weighted by molar-refractivity contribution is 7.92. The molecule has 12 heteroatoms. The number of carboxylic acids is 1. The van der Waals surface area contributed by atoms with Crippen molar-refractivity contribution >= 4 is 39.2 Å². The molecule has 0 fully saturated rings. The standard InChI is InChI=1S/C26H24ClF3N2O5S/c1-17-22(27)6-3-7-23(17)32(38(36,37)21-11-9-20(10-12-21)26(28,29)30)16-24(33)31-15-19-5-2-4-18(14-19)8-13-25(34)35/h2-7,9-12,14H,8,13,15-16H2,1H3,(H,31,33)(H,34,35). The summed E-state index contributed by atoms with van der Waals surface area (Å²) in [5.74, 6) is -1.61. The van der Waals surface area contributed by atoms with Crippen LogP contribution in [0.25, 0.3) is 0 Å². The second-order valence-corrected chi connectivity index (χ2v) is 10.7. The summed E-state index contributed by atoms with van der Waals surface area (Å²) in [4.78, 5) is 23.3. The molecule has 2 N–H and O–H groups in total. The summed E-state index contributed by atoms with van der Waals surface area (Å²) in [5, 5.41) is 11.7. The van der Waals surface area contributed by atoms with Crippen LogP contribution < -0.4 is 9.62 Å². The molecule has 0 aliphatic rings. The van der Waals surface area contributed by atoms with Crippen molar-refractivity contribution < 1.29 is 36.3 Å². The third-order valence-corrected chi connectivity index (χ3v) is 7.86. The first-order valence-electron chi connectivity index (χ1n) is 11.3. The number of rotatable bonds is 10. The van der Waals surface area contributed by atoms with Crippen LogP contribution in [0, 0.1) is 6.92 Å². The highest BCUT2D eigenvalue weighted by Crippen LogP contribution is 2.33. The normalized spacial score (nSPS) is 11.7. The SMILES string of the molecule is Cc1c(Cl)cccc1N(CC(=O)NCc1cccc(CCC(=O)O)c1)S(=O)(=O)c1ccc(C(F)(F)F)cc1. The lowest BCUT2D eigenvalue weighted by Gasteiger charge is -2.26. The molecule has 0 aliphatic carbocycles. The van der Waals surface area contributed by atoms with E-state index in [-0.39, 0.29) is 23.7 Å². The first-order chi connectivity index (χ1) is 17.8. The molecule has 202 valence electrons. The van der Waals surface area contributed by atoms with Crippen LogP contribution in [0.2, 0.25) is 5.02 Å². The number of carbonyl (C=O) groups is 2. The topological polar surface area (TPSA) is 104 Å². The lowest BCUT2D eigenvalue weighted by Crippen LogP contribution is -2.41. The van der Waals surface area contributed by atoms with Crippen LogP contribution in [-0.4, -0.2) is 31.9 Å². The number of carbonyl (C=O) groups excluding carboxylic acids is 1. The van der Waals surface area contributed by atoms with Gasteiger partial charge in [0.15, 0.2) is 0 Å². The Labute approximate surface area is 222 Å². The van der Waals surface area contributed by atoms with Gasteiger partial charge >= 0.3 is 12.1 Å². The predicted molar refractivity (Wildman–Crippen MR) is 136 cm³/mol. The van der Waals surface area contributed by atoms with Crippen LogP contribution in [0.5, 0.6) is 0 Å². The molecule has 0 radical (unpaired) electrons. The van der Waals surface area contributed by atoms with E-state index in [1.54, 1.807) is 37.3 Å². The summed E-state index contributed by atoms with van der Waals surface area (Å²) >= 11 is 6.18. The van der Waals surface area contributed by atoms with Gasteiger partial charge in [-0.15, -0.1) is 0 Å². The molecular formula is C26H24ClF3N2O5S. The summed E-state index contributed by atoms with van der Waals surface area (Å²) in [6.45, 7) is 0.944. The molecule has 1 amide bonds. The lowest BCUT2D eigenvalue weighted by atomic mass is 10.1. The van der Waals surface area contributed by atoms with Crippen LogP contribution >= 0.6 is 11.6 Å². The van der Waals surface area contributed by atoms with Crippen molar-refractivity contribution in [1.82, 2.24) is 5.32 Å². The third kappa shape index (κ3) is 7.26. The Morgan fingerprint density at radius 2 is 1.63 bits per heavy atom. The van der Waals surface area contributed by atoms with E-state index in [4.69, 9.17) is 16.7 Å². The molecule has 7 nitrogen and oxygen atoms in total. The first kappa shape index (κ1) is 29.0. The van der Waals surface area contributed by atoms with Gasteiger partial charge in [0.05, 0.1) is 16.1 Å². The number of halogens is 4. The van der Waals surface area contributed by atoms with Gasteiger partial charge in [-0.25, -0.2) is 8.42 Å². The Morgan fingerprint density at radius 3 is 2.26 bits per heavy atom. The average Bonchev–Trinajstić information content (AvgIpc) is 2.86. The van der Waals surface area contributed by atoms with Crippen LogP contribution in [0.1, 0.15) is 28.7 Å². The number of nitrogens with zero attached hydrogens (tertiary/aromatic N) is 1. The zero-order valence-electron chi connectivity index (χ0n) is 20.1. The minimum absolute atomic E-state index is 0.0441. The van der Waals surface area contributed by atoms with Gasteiger partial charge in [-0.1, -0.05) is 41.9 Å². The van der Waals surface area contributed by atoms with E-state index < -0.39 is 45.1 Å². The quantitative estimate of drug-likeness (QED) is 0.350. The number of aryl methyl sites for hydroxylation is 1. The van der Waals surface area contributed by atoms with E-state index in [1.807, 2.05) is 0 Å². The summed E-state index contributed by atoms with van der Waals surface area (Å²) in [5.41, 5.74) is 0.898. The lowest BCUT2D eigenvalue weighted by molar-refractivity contribution is -0.138. The van der Waals surface area contributed by atoms with Gasteiger partial charge in [0.1, 0.15) is 6.54 Å². The molecule has 0 saturated heterocycles. The Balaban J connectivity index is 1.86. The molecule has 0 heterocycles. The fraction of sp³-hybridized carbons (Fsp3) is 0.231. The molecule has 0 unspecified atom stereocenters. The Hall–Kier alpha value is -3.57. The minimum atomic E-state index is -4.64. The number of benzene rings is 3. The molecular weight excluding hydrogens is 545 g/mol. The molecule has 0 bridgehead atoms. The van der Waals surface area contributed by atoms with Gasteiger partial charge in [-0.05, 0) is 66.4 Å². The zero-order valence-corrected chi connectivity index (χ0v) is 21.7. The highest BCUT2D eigenvalue weighted by atomic mass is 35.5. The maximum absolute atomic E-state index is 13.5. The number of alkyl halides is 3. The van der Waals surface area contributed by atoms with E-state index >= 15 is 0 Å². The summed E-state index contributed by atoms with van der Waals surface area (Å²) in [6, 6.07) is 14.4. The Bertz CT molecular complexity index is 1430. The summed E-state index contributed by atoms with van der Waals surface area (Å²) in [7, 11) is -4.46. The van der Waals surface area contributed by atoms with Crippen molar-refractivity contribution in [2.24, 2.45) is 0 Å². The largest absolute Gasteiger partial charge is 0.481 e. The molecule has 0 atom stereocenters. The van der Waals surface area contributed by atoms with Crippen molar-refractivity contribution in [2.75, 3.05) is 10.8 Å². The molecule has 0 aromatic heterocycles. The monoisotopic (exact) mass is 568 g/mol. The fourth-order valence-electron chi connectivity index (χ4n) is 3.64. The number of anilines is 1. The van der Waals surface area contributed by atoms with Crippen molar-refractivity contribution in [1.29, 1.82) is 0 Å². The number of nitrogens with one attached hydrogen (secondary N) is 1. The van der Waals surface area contributed by atoms with Crippen LogP contribution in [0.15, 0.2) is 71.6 Å². The number of aliphatic carboxylic acids is 1. The molecule has 0 saturated carbocycles. The van der Waals surface area contributed by atoms with E-state index in [0.717, 1.165) is 22.0 Å².